The fraction of sp³-hybridized carbons (Fsp3) is 0.375. The van der Waals surface area contributed by atoms with Gasteiger partial charge in [0.25, 0.3) is 0 Å². The van der Waals surface area contributed by atoms with Gasteiger partial charge in [0.2, 0.25) is 5.91 Å². The van der Waals surface area contributed by atoms with Gasteiger partial charge in [-0.2, -0.15) is 0 Å². The van der Waals surface area contributed by atoms with Crippen LogP contribution in [0.5, 0.6) is 5.75 Å². The Bertz CT molecular complexity index is 1070. The van der Waals surface area contributed by atoms with Crippen LogP contribution in [-0.2, 0) is 11.3 Å². The van der Waals surface area contributed by atoms with Crippen LogP contribution in [0.2, 0.25) is 0 Å². The molecule has 8 nitrogen and oxygen atoms in total. The summed E-state index contributed by atoms with van der Waals surface area (Å²) in [7, 11) is 0. The molecule has 1 heterocycles. The van der Waals surface area contributed by atoms with E-state index < -0.39 is 0 Å². The second kappa shape index (κ2) is 13.7. The Hall–Kier alpha value is -2.82. The lowest BCUT2D eigenvalue weighted by molar-refractivity contribution is -0.114. The van der Waals surface area contributed by atoms with Gasteiger partial charge in [0.1, 0.15) is 18.2 Å². The number of carbonyl (C=O) groups excluding carboxylic acids is 1. The molecule has 1 aromatic heterocycles. The van der Waals surface area contributed by atoms with Crippen molar-refractivity contribution in [2.45, 2.75) is 33.7 Å². The number of fused-ring (bicyclic) bond motifs is 1. The Morgan fingerprint density at radius 3 is 2.76 bits per heavy atom. The quantitative estimate of drug-likeness (QED) is 0.150. The summed E-state index contributed by atoms with van der Waals surface area (Å²) in [4.78, 5) is 20.5. The van der Waals surface area contributed by atoms with Gasteiger partial charge < -0.3 is 25.3 Å². The molecule has 0 atom stereocenters. The molecular weight excluding hydrogens is 531 g/mol. The van der Waals surface area contributed by atoms with Crippen molar-refractivity contribution in [3.63, 3.8) is 0 Å². The maximum absolute atomic E-state index is 11.2. The number of anilines is 1. The molecule has 3 rings (SSSR count). The number of ether oxygens (including phenoxy) is 1. The summed E-state index contributed by atoms with van der Waals surface area (Å²) >= 11 is 0. The molecule has 3 aromatic rings. The fourth-order valence-electron chi connectivity index (χ4n) is 3.44. The third-order valence-electron chi connectivity index (χ3n) is 4.82. The van der Waals surface area contributed by atoms with Crippen LogP contribution < -0.4 is 20.7 Å². The minimum atomic E-state index is -0.105. The third kappa shape index (κ3) is 8.23. The van der Waals surface area contributed by atoms with Crippen molar-refractivity contribution in [1.29, 1.82) is 0 Å². The predicted octanol–water partition coefficient (Wildman–Crippen LogP) is 3.95. The molecule has 2 aromatic carbocycles. The molecule has 1 amide bonds. The number of nitrogens with one attached hydrogen (secondary N) is 3. The number of para-hydroxylation sites is 2. The molecule has 0 spiro atoms. The van der Waals surface area contributed by atoms with Crippen molar-refractivity contribution in [2.24, 2.45) is 4.99 Å². The van der Waals surface area contributed by atoms with Crippen LogP contribution in [0.3, 0.4) is 0 Å². The molecule has 0 aliphatic rings. The summed E-state index contributed by atoms with van der Waals surface area (Å²) in [5.41, 5.74) is 2.92. The number of imidazole rings is 1. The third-order valence-corrected chi connectivity index (χ3v) is 4.82. The summed E-state index contributed by atoms with van der Waals surface area (Å²) < 4.78 is 8.02. The van der Waals surface area contributed by atoms with E-state index in [1.807, 2.05) is 56.3 Å². The van der Waals surface area contributed by atoms with E-state index in [9.17, 15) is 4.79 Å². The van der Waals surface area contributed by atoms with E-state index in [4.69, 9.17) is 4.74 Å². The number of guanidine groups is 1. The maximum Gasteiger partial charge on any atom is 0.221 e. The molecule has 3 N–H and O–H groups in total. The lowest BCUT2D eigenvalue weighted by atomic mass is 10.3. The highest BCUT2D eigenvalue weighted by Crippen LogP contribution is 2.17. The van der Waals surface area contributed by atoms with Gasteiger partial charge in [-0.1, -0.05) is 18.2 Å². The van der Waals surface area contributed by atoms with Crippen LogP contribution in [0.1, 0.15) is 26.1 Å². The highest BCUT2D eigenvalue weighted by atomic mass is 127. The molecule has 0 bridgehead atoms. The lowest BCUT2D eigenvalue weighted by Gasteiger charge is -2.13. The average molecular weight is 564 g/mol. The molecule has 0 aliphatic carbocycles. The molecule has 0 fully saturated rings. The predicted molar refractivity (Wildman–Crippen MR) is 145 cm³/mol. The Morgan fingerprint density at radius 2 is 1.97 bits per heavy atom. The average Bonchev–Trinajstić information content (AvgIpc) is 3.09. The SMILES string of the molecule is CCNC(=NCCCn1c(C)nc2ccccc21)NCCOc1cccc(NC(C)=O)c1.I. The largest absolute Gasteiger partial charge is 0.492 e. The number of hydrogen-bond donors (Lipinski definition) is 3. The number of benzene rings is 2. The van der Waals surface area contributed by atoms with Gasteiger partial charge in [0.15, 0.2) is 5.96 Å². The fourth-order valence-corrected chi connectivity index (χ4v) is 3.44. The molecule has 0 unspecified atom stereocenters. The first-order valence-corrected chi connectivity index (χ1v) is 11.0. The zero-order valence-corrected chi connectivity index (χ0v) is 21.8. The molecular formula is C24H33IN6O2. The minimum Gasteiger partial charge on any atom is -0.492 e. The van der Waals surface area contributed by atoms with E-state index >= 15 is 0 Å². The van der Waals surface area contributed by atoms with E-state index in [1.54, 1.807) is 0 Å². The standard InChI is InChI=1S/C24H32N6O2.HI/c1-4-25-24(27-14-16-32-21-10-7-9-20(17-21)29-19(3)31)26-13-8-15-30-18(2)28-22-11-5-6-12-23(22)30;/h5-7,9-12,17H,4,8,13-16H2,1-3H3,(H,29,31)(H2,25,26,27);1H. The number of hydrogen-bond acceptors (Lipinski definition) is 4. The van der Waals surface area contributed by atoms with Gasteiger partial charge in [-0.05, 0) is 44.5 Å². The molecule has 0 saturated heterocycles. The Labute approximate surface area is 212 Å². The second-order valence-electron chi connectivity index (χ2n) is 7.40. The van der Waals surface area contributed by atoms with Crippen molar-refractivity contribution in [3.8, 4) is 5.75 Å². The highest BCUT2D eigenvalue weighted by Gasteiger charge is 2.06. The van der Waals surface area contributed by atoms with Crippen molar-refractivity contribution in [1.82, 2.24) is 20.2 Å². The van der Waals surface area contributed by atoms with E-state index in [1.165, 1.54) is 12.4 Å². The summed E-state index contributed by atoms with van der Waals surface area (Å²) in [5.74, 6) is 2.41. The maximum atomic E-state index is 11.2. The minimum absolute atomic E-state index is 0. The second-order valence-corrected chi connectivity index (χ2v) is 7.40. The molecule has 33 heavy (non-hydrogen) atoms. The Morgan fingerprint density at radius 1 is 1.15 bits per heavy atom. The molecule has 0 radical (unpaired) electrons. The number of carbonyl (C=O) groups is 1. The van der Waals surface area contributed by atoms with Crippen LogP contribution >= 0.6 is 24.0 Å². The van der Waals surface area contributed by atoms with Crippen LogP contribution in [-0.4, -0.2) is 47.7 Å². The number of amides is 1. The Kier molecular flexibility index (Phi) is 10.9. The van der Waals surface area contributed by atoms with Crippen LogP contribution in [0.4, 0.5) is 5.69 Å². The van der Waals surface area contributed by atoms with Gasteiger partial charge in [-0.15, -0.1) is 24.0 Å². The van der Waals surface area contributed by atoms with Crippen molar-refractivity contribution in [3.05, 3.63) is 54.4 Å². The van der Waals surface area contributed by atoms with E-state index in [-0.39, 0.29) is 29.9 Å². The van der Waals surface area contributed by atoms with Crippen molar-refractivity contribution in [2.75, 3.05) is 31.6 Å². The number of aryl methyl sites for hydroxylation is 2. The van der Waals surface area contributed by atoms with Crippen LogP contribution in [0, 0.1) is 6.92 Å². The van der Waals surface area contributed by atoms with E-state index in [0.29, 0.717) is 25.4 Å². The zero-order valence-electron chi connectivity index (χ0n) is 19.4. The Balaban J connectivity index is 0.00000385. The van der Waals surface area contributed by atoms with Crippen molar-refractivity contribution < 1.29 is 9.53 Å². The number of halogens is 1. The van der Waals surface area contributed by atoms with E-state index in [0.717, 1.165) is 42.5 Å². The van der Waals surface area contributed by atoms with Gasteiger partial charge in [0, 0.05) is 38.3 Å². The lowest BCUT2D eigenvalue weighted by Crippen LogP contribution is -2.39. The molecule has 0 saturated carbocycles. The first-order valence-electron chi connectivity index (χ1n) is 11.0. The summed E-state index contributed by atoms with van der Waals surface area (Å²) in [5, 5.41) is 9.31. The van der Waals surface area contributed by atoms with Gasteiger partial charge in [-0.25, -0.2) is 4.98 Å². The van der Waals surface area contributed by atoms with Crippen LogP contribution in [0.15, 0.2) is 53.5 Å². The summed E-state index contributed by atoms with van der Waals surface area (Å²) in [6, 6.07) is 15.6. The number of nitrogens with zero attached hydrogens (tertiary/aromatic N) is 3. The van der Waals surface area contributed by atoms with Crippen LogP contribution in [0.25, 0.3) is 11.0 Å². The monoisotopic (exact) mass is 564 g/mol. The zero-order chi connectivity index (χ0) is 22.8. The van der Waals surface area contributed by atoms with Gasteiger partial charge >= 0.3 is 0 Å². The topological polar surface area (TPSA) is 92.6 Å². The van der Waals surface area contributed by atoms with E-state index in [2.05, 4.69) is 36.6 Å². The highest BCUT2D eigenvalue weighted by molar-refractivity contribution is 14.0. The number of rotatable bonds is 10. The molecule has 9 heteroatoms. The summed E-state index contributed by atoms with van der Waals surface area (Å²) in [6.07, 6.45) is 0.921. The van der Waals surface area contributed by atoms with Gasteiger partial charge in [0.05, 0.1) is 17.6 Å². The number of aromatic nitrogens is 2. The van der Waals surface area contributed by atoms with Crippen molar-refractivity contribution >= 4 is 52.6 Å². The first-order chi connectivity index (χ1) is 15.6. The smallest absolute Gasteiger partial charge is 0.221 e. The summed E-state index contributed by atoms with van der Waals surface area (Å²) in [6.45, 7) is 9.04. The first kappa shape index (κ1) is 26.4. The number of aliphatic imine (C=N–C) groups is 1. The van der Waals surface area contributed by atoms with Gasteiger partial charge in [-0.3, -0.25) is 9.79 Å². The molecule has 0 aliphatic heterocycles. The molecule has 178 valence electrons. The normalized spacial score (nSPS) is 11.1.